The van der Waals surface area contributed by atoms with Crippen molar-refractivity contribution in [2.45, 2.75) is 19.8 Å². The molecular weight excluding hydrogens is 211 g/mol. The summed E-state index contributed by atoms with van der Waals surface area (Å²) < 4.78 is 13.7. The van der Waals surface area contributed by atoms with Crippen LogP contribution >= 0.6 is 0 Å². The molecule has 1 aromatic carbocycles. The number of halogens is 1. The molecule has 0 aromatic heterocycles. The highest BCUT2D eigenvalue weighted by atomic mass is 19.1. The molecule has 2 rings (SSSR count). The number of anilines is 1. The number of rotatable bonds is 2. The normalized spacial score (nSPS) is 15.5. The highest BCUT2D eigenvalue weighted by molar-refractivity contribution is 5.56. The van der Waals surface area contributed by atoms with Gasteiger partial charge < -0.3 is 4.90 Å². The Morgan fingerprint density at radius 3 is 2.56 bits per heavy atom. The molecule has 0 radical (unpaired) electrons. The first kappa shape index (κ1) is 10.9. The van der Waals surface area contributed by atoms with Crippen LogP contribution in [0.1, 0.15) is 18.4 Å². The highest BCUT2D eigenvalue weighted by Crippen LogP contribution is 2.29. The first-order valence-corrected chi connectivity index (χ1v) is 5.29. The van der Waals surface area contributed by atoms with Crippen molar-refractivity contribution in [2.24, 2.45) is 0 Å². The van der Waals surface area contributed by atoms with E-state index in [1.807, 2.05) is 4.90 Å². The maximum absolute atomic E-state index is 13.7. The number of nitrogens with zero attached hydrogens (tertiary/aromatic N) is 2. The molecule has 0 N–H and O–H groups in total. The smallest absolute Gasteiger partial charge is 0.275 e. The van der Waals surface area contributed by atoms with E-state index in [1.165, 1.54) is 0 Å². The van der Waals surface area contributed by atoms with Gasteiger partial charge in [0.05, 0.1) is 16.7 Å². The molecule has 1 saturated heterocycles. The van der Waals surface area contributed by atoms with E-state index in [2.05, 4.69) is 0 Å². The summed E-state index contributed by atoms with van der Waals surface area (Å²) in [6.45, 7) is 3.29. The van der Waals surface area contributed by atoms with Gasteiger partial charge in [0.1, 0.15) is 0 Å². The minimum Gasteiger partial charge on any atom is -0.369 e. The number of nitro benzene ring substituents is 1. The summed E-state index contributed by atoms with van der Waals surface area (Å²) in [6, 6.07) is 2.59. The monoisotopic (exact) mass is 224 g/mol. The molecule has 1 aliphatic heterocycles. The van der Waals surface area contributed by atoms with Crippen LogP contribution in [0.25, 0.3) is 0 Å². The van der Waals surface area contributed by atoms with Gasteiger partial charge in [0, 0.05) is 18.7 Å². The fourth-order valence-corrected chi connectivity index (χ4v) is 2.05. The van der Waals surface area contributed by atoms with Crippen molar-refractivity contribution >= 4 is 11.4 Å². The zero-order valence-electron chi connectivity index (χ0n) is 9.07. The molecule has 0 bridgehead atoms. The summed E-state index contributed by atoms with van der Waals surface area (Å²) in [5.74, 6) is -0.501. The number of hydrogen-bond donors (Lipinski definition) is 0. The second-order valence-electron chi connectivity index (χ2n) is 4.04. The second-order valence-corrected chi connectivity index (χ2v) is 4.04. The lowest BCUT2D eigenvalue weighted by molar-refractivity contribution is -0.385. The lowest BCUT2D eigenvalue weighted by Crippen LogP contribution is -2.19. The molecule has 1 aromatic rings. The summed E-state index contributed by atoms with van der Waals surface area (Å²) in [5, 5.41) is 10.6. The third kappa shape index (κ3) is 1.85. The van der Waals surface area contributed by atoms with Gasteiger partial charge in [-0.15, -0.1) is 0 Å². The molecule has 1 aliphatic rings. The second kappa shape index (κ2) is 4.08. The Morgan fingerprint density at radius 2 is 2.00 bits per heavy atom. The van der Waals surface area contributed by atoms with Crippen molar-refractivity contribution in [3.05, 3.63) is 33.6 Å². The number of aryl methyl sites for hydroxylation is 1. The zero-order valence-corrected chi connectivity index (χ0v) is 9.07. The predicted octanol–water partition coefficient (Wildman–Crippen LogP) is 2.64. The first-order valence-electron chi connectivity index (χ1n) is 5.29. The molecule has 4 nitrogen and oxygen atoms in total. The van der Waals surface area contributed by atoms with E-state index in [0.29, 0.717) is 11.3 Å². The third-order valence-corrected chi connectivity index (χ3v) is 2.91. The van der Waals surface area contributed by atoms with Crippen molar-refractivity contribution in [2.75, 3.05) is 18.0 Å². The van der Waals surface area contributed by atoms with Gasteiger partial charge in [-0.1, -0.05) is 0 Å². The molecule has 1 fully saturated rings. The van der Waals surface area contributed by atoms with E-state index in [9.17, 15) is 14.5 Å². The maximum Gasteiger partial charge on any atom is 0.275 e. The molecule has 0 unspecified atom stereocenters. The standard InChI is InChI=1S/C11H13FN2O2/c1-8-6-11(13-4-2-3-5-13)9(12)7-10(8)14(15)16/h6-7H,2-5H2,1H3. The Balaban J connectivity index is 2.40. The molecule has 0 amide bonds. The van der Waals surface area contributed by atoms with E-state index < -0.39 is 10.7 Å². The average molecular weight is 224 g/mol. The van der Waals surface area contributed by atoms with Crippen LogP contribution in [0.3, 0.4) is 0 Å². The van der Waals surface area contributed by atoms with Crippen LogP contribution in [-0.2, 0) is 0 Å². The quantitative estimate of drug-likeness (QED) is 0.573. The molecule has 0 atom stereocenters. The molecule has 0 aliphatic carbocycles. The first-order chi connectivity index (χ1) is 7.59. The number of hydrogen-bond acceptors (Lipinski definition) is 3. The van der Waals surface area contributed by atoms with Crippen LogP contribution in [0.5, 0.6) is 0 Å². The lowest BCUT2D eigenvalue weighted by Gasteiger charge is -2.18. The molecule has 0 spiro atoms. The van der Waals surface area contributed by atoms with Crippen molar-refractivity contribution in [3.63, 3.8) is 0 Å². The number of benzene rings is 1. The summed E-state index contributed by atoms with van der Waals surface area (Å²) in [5.41, 5.74) is 0.842. The molecule has 16 heavy (non-hydrogen) atoms. The molecule has 0 saturated carbocycles. The molecular formula is C11H13FN2O2. The third-order valence-electron chi connectivity index (χ3n) is 2.91. The van der Waals surface area contributed by atoms with Gasteiger partial charge in [-0.05, 0) is 25.8 Å². The van der Waals surface area contributed by atoms with Crippen molar-refractivity contribution in [3.8, 4) is 0 Å². The minimum absolute atomic E-state index is 0.152. The molecule has 86 valence electrons. The summed E-state index contributed by atoms with van der Waals surface area (Å²) >= 11 is 0. The zero-order chi connectivity index (χ0) is 11.7. The van der Waals surface area contributed by atoms with Crippen molar-refractivity contribution in [1.82, 2.24) is 0 Å². The Bertz CT molecular complexity index is 428. The Kier molecular flexibility index (Phi) is 2.77. The van der Waals surface area contributed by atoms with E-state index in [4.69, 9.17) is 0 Å². The van der Waals surface area contributed by atoms with E-state index in [0.717, 1.165) is 32.0 Å². The lowest BCUT2D eigenvalue weighted by atomic mass is 10.1. The van der Waals surface area contributed by atoms with Crippen LogP contribution in [0.15, 0.2) is 12.1 Å². The van der Waals surface area contributed by atoms with Gasteiger partial charge in [0.15, 0.2) is 5.82 Å². The molecule has 1 heterocycles. The van der Waals surface area contributed by atoms with Crippen LogP contribution in [-0.4, -0.2) is 18.0 Å². The van der Waals surface area contributed by atoms with Gasteiger partial charge in [0.25, 0.3) is 5.69 Å². The average Bonchev–Trinajstić information content (AvgIpc) is 2.73. The van der Waals surface area contributed by atoms with Gasteiger partial charge in [0.2, 0.25) is 0 Å². The van der Waals surface area contributed by atoms with E-state index >= 15 is 0 Å². The topological polar surface area (TPSA) is 46.4 Å². The Labute approximate surface area is 92.8 Å². The summed E-state index contributed by atoms with van der Waals surface area (Å²) in [7, 11) is 0. The SMILES string of the molecule is Cc1cc(N2CCCC2)c(F)cc1[N+](=O)[O-]. The Hall–Kier alpha value is -1.65. The van der Waals surface area contributed by atoms with Gasteiger partial charge in [-0.25, -0.2) is 4.39 Å². The fraction of sp³-hybridized carbons (Fsp3) is 0.455. The number of nitro groups is 1. The van der Waals surface area contributed by atoms with E-state index in [1.54, 1.807) is 13.0 Å². The van der Waals surface area contributed by atoms with Crippen LogP contribution in [0.2, 0.25) is 0 Å². The van der Waals surface area contributed by atoms with Crippen LogP contribution < -0.4 is 4.90 Å². The van der Waals surface area contributed by atoms with Crippen LogP contribution in [0.4, 0.5) is 15.8 Å². The minimum atomic E-state index is -0.549. The summed E-state index contributed by atoms with van der Waals surface area (Å²) in [4.78, 5) is 12.0. The highest BCUT2D eigenvalue weighted by Gasteiger charge is 2.20. The largest absolute Gasteiger partial charge is 0.369 e. The van der Waals surface area contributed by atoms with Crippen LogP contribution in [0, 0.1) is 22.9 Å². The van der Waals surface area contributed by atoms with Crippen molar-refractivity contribution in [1.29, 1.82) is 0 Å². The van der Waals surface area contributed by atoms with Gasteiger partial charge in [-0.2, -0.15) is 0 Å². The van der Waals surface area contributed by atoms with Gasteiger partial charge in [-0.3, -0.25) is 10.1 Å². The van der Waals surface area contributed by atoms with Gasteiger partial charge >= 0.3 is 0 Å². The fourth-order valence-electron chi connectivity index (χ4n) is 2.05. The van der Waals surface area contributed by atoms with Crippen molar-refractivity contribution < 1.29 is 9.31 Å². The summed E-state index contributed by atoms with van der Waals surface area (Å²) in [6.07, 6.45) is 2.10. The maximum atomic E-state index is 13.7. The van der Waals surface area contributed by atoms with E-state index in [-0.39, 0.29) is 5.69 Å². The predicted molar refractivity (Wildman–Crippen MR) is 59.2 cm³/mol. The molecule has 5 heteroatoms. The Morgan fingerprint density at radius 1 is 1.38 bits per heavy atom.